The third kappa shape index (κ3) is 4.10. The molecule has 2 aromatic rings. The average Bonchev–Trinajstić information content (AvgIpc) is 3.04. The molecule has 11 nitrogen and oxygen atoms in total. The van der Waals surface area contributed by atoms with Crippen LogP contribution < -0.4 is 0 Å². The predicted octanol–water partition coefficient (Wildman–Crippen LogP) is 2.86. The van der Waals surface area contributed by atoms with Crippen molar-refractivity contribution in [1.29, 1.82) is 0 Å². The lowest BCUT2D eigenvalue weighted by atomic mass is 10.1. The van der Waals surface area contributed by atoms with E-state index in [1.807, 2.05) is 0 Å². The van der Waals surface area contributed by atoms with E-state index in [2.05, 4.69) is 0 Å². The van der Waals surface area contributed by atoms with Gasteiger partial charge < -0.3 is 0 Å². The molecular formula is C18H13ClN4O7. The molecule has 0 aromatic heterocycles. The highest BCUT2D eigenvalue weighted by Crippen LogP contribution is 2.28. The van der Waals surface area contributed by atoms with Gasteiger partial charge in [0.2, 0.25) is 11.8 Å². The second kappa shape index (κ2) is 8.25. The van der Waals surface area contributed by atoms with E-state index in [9.17, 15) is 34.6 Å². The van der Waals surface area contributed by atoms with Crippen molar-refractivity contribution < 1.29 is 24.2 Å². The van der Waals surface area contributed by atoms with E-state index in [4.69, 9.17) is 11.6 Å². The zero-order valence-electron chi connectivity index (χ0n) is 15.2. The highest BCUT2D eigenvalue weighted by Gasteiger charge is 2.38. The molecule has 3 amide bonds. The van der Waals surface area contributed by atoms with E-state index < -0.39 is 39.8 Å². The van der Waals surface area contributed by atoms with Gasteiger partial charge in [0.05, 0.1) is 22.0 Å². The number of imide groups is 1. The Balaban J connectivity index is 2.06. The molecule has 2 aromatic carbocycles. The molecule has 0 unspecified atom stereocenters. The SMILES string of the molecule is O=C(c1cccc([N+](=O)[O-])c1)N(Cc1ccc(Cl)cc1[N+](=O)[O-])N1C(=O)CCC1=O. The first-order valence-corrected chi connectivity index (χ1v) is 8.91. The summed E-state index contributed by atoms with van der Waals surface area (Å²) in [5, 5.41) is 23.9. The van der Waals surface area contributed by atoms with Crippen LogP contribution >= 0.6 is 11.6 Å². The summed E-state index contributed by atoms with van der Waals surface area (Å²) in [6.07, 6.45) is -0.249. The molecule has 1 aliphatic rings. The zero-order chi connectivity index (χ0) is 22.0. The lowest BCUT2D eigenvalue weighted by Gasteiger charge is -2.30. The molecule has 1 aliphatic heterocycles. The first kappa shape index (κ1) is 20.9. The van der Waals surface area contributed by atoms with Crippen LogP contribution in [0.3, 0.4) is 0 Å². The van der Waals surface area contributed by atoms with Crippen molar-refractivity contribution in [2.45, 2.75) is 19.4 Å². The largest absolute Gasteiger partial charge is 0.275 e. The van der Waals surface area contributed by atoms with Gasteiger partial charge in [-0.25, -0.2) is 5.01 Å². The molecule has 30 heavy (non-hydrogen) atoms. The molecule has 0 N–H and O–H groups in total. The van der Waals surface area contributed by atoms with Gasteiger partial charge in [0, 0.05) is 41.6 Å². The van der Waals surface area contributed by atoms with Gasteiger partial charge in [0.15, 0.2) is 0 Å². The van der Waals surface area contributed by atoms with Crippen molar-refractivity contribution in [2.24, 2.45) is 0 Å². The molecule has 154 valence electrons. The van der Waals surface area contributed by atoms with E-state index >= 15 is 0 Å². The van der Waals surface area contributed by atoms with E-state index in [1.165, 1.54) is 30.3 Å². The average molecular weight is 433 g/mol. The Hall–Kier alpha value is -3.86. The minimum Gasteiger partial charge on any atom is -0.273 e. The van der Waals surface area contributed by atoms with E-state index in [0.717, 1.165) is 17.1 Å². The second-order valence-corrected chi connectivity index (χ2v) is 6.74. The van der Waals surface area contributed by atoms with Crippen LogP contribution in [0.15, 0.2) is 42.5 Å². The quantitative estimate of drug-likeness (QED) is 0.387. The summed E-state index contributed by atoms with van der Waals surface area (Å²) in [4.78, 5) is 58.6. The van der Waals surface area contributed by atoms with Crippen molar-refractivity contribution in [1.82, 2.24) is 10.0 Å². The summed E-state index contributed by atoms with van der Waals surface area (Å²) < 4.78 is 0. The summed E-state index contributed by atoms with van der Waals surface area (Å²) >= 11 is 5.81. The zero-order valence-corrected chi connectivity index (χ0v) is 15.9. The van der Waals surface area contributed by atoms with E-state index in [1.54, 1.807) is 0 Å². The van der Waals surface area contributed by atoms with Gasteiger partial charge in [-0.05, 0) is 18.2 Å². The number of amides is 3. The van der Waals surface area contributed by atoms with Crippen LogP contribution in [0.5, 0.6) is 0 Å². The first-order valence-electron chi connectivity index (χ1n) is 8.54. The van der Waals surface area contributed by atoms with Crippen LogP contribution in [0.4, 0.5) is 11.4 Å². The van der Waals surface area contributed by atoms with Gasteiger partial charge in [-0.3, -0.25) is 34.6 Å². The van der Waals surface area contributed by atoms with E-state index in [-0.39, 0.29) is 34.7 Å². The molecule has 0 atom stereocenters. The van der Waals surface area contributed by atoms with Gasteiger partial charge in [-0.2, -0.15) is 5.01 Å². The Morgan fingerprint density at radius 1 is 1.03 bits per heavy atom. The third-order valence-corrected chi connectivity index (χ3v) is 4.60. The third-order valence-electron chi connectivity index (χ3n) is 4.37. The van der Waals surface area contributed by atoms with Crippen LogP contribution in [-0.2, 0) is 16.1 Å². The fourth-order valence-corrected chi connectivity index (χ4v) is 3.14. The van der Waals surface area contributed by atoms with Crippen molar-refractivity contribution in [3.8, 4) is 0 Å². The summed E-state index contributed by atoms with van der Waals surface area (Å²) in [6, 6.07) is 8.49. The minimum absolute atomic E-state index is 0.0238. The van der Waals surface area contributed by atoms with Crippen LogP contribution in [0.2, 0.25) is 5.02 Å². The number of hydrogen-bond donors (Lipinski definition) is 0. The molecular weight excluding hydrogens is 420 g/mol. The standard InChI is InChI=1S/C18H13ClN4O7/c19-13-5-4-12(15(9-13)23(29)30)10-20(21-16(24)6-7-17(21)25)18(26)11-2-1-3-14(8-11)22(27)28/h1-5,8-9H,6-7,10H2. The Morgan fingerprint density at radius 2 is 1.70 bits per heavy atom. The van der Waals surface area contributed by atoms with Gasteiger partial charge in [0.1, 0.15) is 0 Å². The molecule has 0 radical (unpaired) electrons. The Bertz CT molecular complexity index is 1070. The van der Waals surface area contributed by atoms with Crippen molar-refractivity contribution in [3.63, 3.8) is 0 Å². The molecule has 0 aliphatic carbocycles. The molecule has 0 bridgehead atoms. The maximum Gasteiger partial charge on any atom is 0.275 e. The van der Waals surface area contributed by atoms with Gasteiger partial charge in [-0.15, -0.1) is 0 Å². The van der Waals surface area contributed by atoms with Crippen molar-refractivity contribution >= 4 is 40.7 Å². The molecule has 12 heteroatoms. The molecule has 1 fully saturated rings. The smallest absolute Gasteiger partial charge is 0.273 e. The summed E-state index contributed by atoms with van der Waals surface area (Å²) in [5.74, 6) is -2.21. The fourth-order valence-electron chi connectivity index (χ4n) is 2.97. The number of benzene rings is 2. The van der Waals surface area contributed by atoms with Crippen molar-refractivity contribution in [2.75, 3.05) is 0 Å². The number of hydrazine groups is 1. The molecule has 0 saturated carbocycles. The van der Waals surface area contributed by atoms with Crippen LogP contribution in [0, 0.1) is 20.2 Å². The lowest BCUT2D eigenvalue weighted by Crippen LogP contribution is -2.49. The molecule has 0 spiro atoms. The molecule has 1 heterocycles. The summed E-state index contributed by atoms with van der Waals surface area (Å²) in [6.45, 7) is -0.494. The molecule has 3 rings (SSSR count). The number of nitro benzene ring substituents is 2. The van der Waals surface area contributed by atoms with Gasteiger partial charge in [-0.1, -0.05) is 17.7 Å². The van der Waals surface area contributed by atoms with Gasteiger partial charge in [0.25, 0.3) is 17.3 Å². The highest BCUT2D eigenvalue weighted by atomic mass is 35.5. The number of halogens is 1. The highest BCUT2D eigenvalue weighted by molar-refractivity contribution is 6.30. The maximum absolute atomic E-state index is 13.1. The van der Waals surface area contributed by atoms with Crippen LogP contribution in [-0.4, -0.2) is 37.6 Å². The number of non-ortho nitro benzene ring substituents is 1. The lowest BCUT2D eigenvalue weighted by molar-refractivity contribution is -0.385. The number of nitrogens with zero attached hydrogens (tertiary/aromatic N) is 4. The summed E-state index contributed by atoms with van der Waals surface area (Å²) in [7, 11) is 0. The van der Waals surface area contributed by atoms with Crippen LogP contribution in [0.1, 0.15) is 28.8 Å². The van der Waals surface area contributed by atoms with Crippen LogP contribution in [0.25, 0.3) is 0 Å². The Labute approximate surface area is 173 Å². The van der Waals surface area contributed by atoms with Gasteiger partial charge >= 0.3 is 0 Å². The predicted molar refractivity (Wildman–Crippen MR) is 102 cm³/mol. The first-order chi connectivity index (χ1) is 14.2. The topological polar surface area (TPSA) is 144 Å². The Kier molecular flexibility index (Phi) is 5.74. The maximum atomic E-state index is 13.1. The molecule has 1 saturated heterocycles. The number of rotatable bonds is 6. The minimum atomic E-state index is -0.897. The van der Waals surface area contributed by atoms with E-state index in [0.29, 0.717) is 5.01 Å². The fraction of sp³-hybridized carbons (Fsp3) is 0.167. The monoisotopic (exact) mass is 432 g/mol. The van der Waals surface area contributed by atoms with Crippen molar-refractivity contribution in [3.05, 3.63) is 78.8 Å². The Morgan fingerprint density at radius 3 is 2.30 bits per heavy atom. The number of nitro groups is 2. The number of hydrogen-bond acceptors (Lipinski definition) is 7. The number of carbonyl (C=O) groups is 3. The summed E-state index contributed by atoms with van der Waals surface area (Å²) in [5.41, 5.74) is -0.903. The normalized spacial score (nSPS) is 13.4. The number of carbonyl (C=O) groups excluding carboxylic acids is 3. The second-order valence-electron chi connectivity index (χ2n) is 6.30.